The second-order valence-corrected chi connectivity index (χ2v) is 8.92. The molecule has 0 aliphatic heterocycles. The van der Waals surface area contributed by atoms with E-state index in [0.29, 0.717) is 0 Å². The van der Waals surface area contributed by atoms with Crippen LogP contribution in [-0.2, 0) is 6.42 Å². The first-order valence-corrected chi connectivity index (χ1v) is 11.7. The maximum atomic E-state index is 6.06. The van der Waals surface area contributed by atoms with E-state index in [1.165, 1.54) is 54.6 Å². The summed E-state index contributed by atoms with van der Waals surface area (Å²) < 4.78 is 6.06. The van der Waals surface area contributed by atoms with Gasteiger partial charge in [-0.1, -0.05) is 103 Å². The summed E-state index contributed by atoms with van der Waals surface area (Å²) in [4.78, 5) is 0. The summed E-state index contributed by atoms with van der Waals surface area (Å²) in [6, 6.07) is 43.4. The maximum absolute atomic E-state index is 6.06. The molecule has 0 aliphatic rings. The zero-order valence-corrected chi connectivity index (χ0v) is 18.7. The van der Waals surface area contributed by atoms with Gasteiger partial charge in [0.15, 0.2) is 0 Å². The summed E-state index contributed by atoms with van der Waals surface area (Å²) in [5, 5.41) is 7.60. The van der Waals surface area contributed by atoms with Crippen LogP contribution in [0.5, 0.6) is 0 Å². The van der Waals surface area contributed by atoms with E-state index < -0.39 is 0 Å². The minimum atomic E-state index is 0.867. The quantitative estimate of drug-likeness (QED) is 0.253. The summed E-state index contributed by atoms with van der Waals surface area (Å²) in [6.45, 7) is 0. The zero-order valence-electron chi connectivity index (χ0n) is 18.7. The third-order valence-electron chi connectivity index (χ3n) is 6.93. The zero-order chi connectivity index (χ0) is 22.5. The average Bonchev–Trinajstić information content (AvgIpc) is 3.27. The molecular formula is C33H22O. The molecule has 0 fully saturated rings. The molecular weight excluding hydrogens is 412 g/mol. The molecule has 1 heteroatoms. The van der Waals surface area contributed by atoms with Gasteiger partial charge in [0.2, 0.25) is 0 Å². The fourth-order valence-corrected chi connectivity index (χ4v) is 5.41. The summed E-state index contributed by atoms with van der Waals surface area (Å²) in [5.41, 5.74) is 7.12. The Labute approximate surface area is 197 Å². The van der Waals surface area contributed by atoms with Gasteiger partial charge >= 0.3 is 0 Å². The van der Waals surface area contributed by atoms with Crippen LogP contribution < -0.4 is 0 Å². The van der Waals surface area contributed by atoms with E-state index in [0.717, 1.165) is 17.6 Å². The van der Waals surface area contributed by atoms with Crippen LogP contribution in [0.25, 0.3) is 54.6 Å². The molecule has 6 aromatic carbocycles. The SMILES string of the molecule is c1ccc(-c2c3ccccc3c(Cc3ccc4oc5ccccc5c4c3)c3ccccc23)cc1. The van der Waals surface area contributed by atoms with E-state index >= 15 is 0 Å². The number of benzene rings is 6. The lowest BCUT2D eigenvalue weighted by atomic mass is 9.86. The lowest BCUT2D eigenvalue weighted by Crippen LogP contribution is -1.95. The number of rotatable bonds is 3. The van der Waals surface area contributed by atoms with E-state index in [1.807, 2.05) is 12.1 Å². The van der Waals surface area contributed by atoms with Crippen molar-refractivity contribution in [2.75, 3.05) is 0 Å². The van der Waals surface area contributed by atoms with E-state index in [-0.39, 0.29) is 0 Å². The van der Waals surface area contributed by atoms with Crippen LogP contribution in [0.15, 0.2) is 126 Å². The Bertz CT molecular complexity index is 1770. The van der Waals surface area contributed by atoms with Crippen molar-refractivity contribution >= 4 is 43.5 Å². The van der Waals surface area contributed by atoms with Crippen molar-refractivity contribution in [2.24, 2.45) is 0 Å². The van der Waals surface area contributed by atoms with Crippen molar-refractivity contribution in [3.8, 4) is 11.1 Å². The largest absolute Gasteiger partial charge is 0.456 e. The molecule has 1 nitrogen and oxygen atoms in total. The molecule has 34 heavy (non-hydrogen) atoms. The van der Waals surface area contributed by atoms with Crippen molar-refractivity contribution in [1.82, 2.24) is 0 Å². The molecule has 1 aromatic heterocycles. The molecule has 7 aromatic rings. The monoisotopic (exact) mass is 434 g/mol. The molecule has 0 atom stereocenters. The number of fused-ring (bicyclic) bond motifs is 5. The molecule has 0 radical (unpaired) electrons. The van der Waals surface area contributed by atoms with Gasteiger partial charge in [-0.05, 0) is 68.4 Å². The smallest absolute Gasteiger partial charge is 0.135 e. The van der Waals surface area contributed by atoms with Gasteiger partial charge in [-0.25, -0.2) is 0 Å². The highest BCUT2D eigenvalue weighted by Crippen LogP contribution is 2.40. The molecule has 0 unspecified atom stereocenters. The predicted octanol–water partition coefficient (Wildman–Crippen LogP) is 9.15. The van der Waals surface area contributed by atoms with Gasteiger partial charge in [-0.15, -0.1) is 0 Å². The number of hydrogen-bond donors (Lipinski definition) is 0. The lowest BCUT2D eigenvalue weighted by Gasteiger charge is -2.17. The summed E-state index contributed by atoms with van der Waals surface area (Å²) in [7, 11) is 0. The third-order valence-corrected chi connectivity index (χ3v) is 6.93. The summed E-state index contributed by atoms with van der Waals surface area (Å²) in [6.07, 6.45) is 0.867. The van der Waals surface area contributed by atoms with Gasteiger partial charge in [0.1, 0.15) is 11.2 Å². The molecule has 0 saturated carbocycles. The minimum absolute atomic E-state index is 0.867. The normalized spacial score (nSPS) is 11.6. The van der Waals surface area contributed by atoms with Gasteiger partial charge in [0.05, 0.1) is 0 Å². The van der Waals surface area contributed by atoms with Crippen molar-refractivity contribution in [1.29, 1.82) is 0 Å². The molecule has 0 aliphatic carbocycles. The number of furan rings is 1. The van der Waals surface area contributed by atoms with Gasteiger partial charge in [0, 0.05) is 10.8 Å². The second kappa shape index (κ2) is 7.60. The predicted molar refractivity (Wildman–Crippen MR) is 143 cm³/mol. The second-order valence-electron chi connectivity index (χ2n) is 8.92. The van der Waals surface area contributed by atoms with Crippen LogP contribution in [0.2, 0.25) is 0 Å². The van der Waals surface area contributed by atoms with Gasteiger partial charge in [0.25, 0.3) is 0 Å². The molecule has 160 valence electrons. The Balaban J connectivity index is 1.49. The molecule has 0 N–H and O–H groups in total. The van der Waals surface area contributed by atoms with Crippen LogP contribution in [0.1, 0.15) is 11.1 Å². The molecule has 0 bridgehead atoms. The molecule has 0 amide bonds. The van der Waals surface area contributed by atoms with Crippen LogP contribution in [0, 0.1) is 0 Å². The molecule has 0 saturated heterocycles. The Morgan fingerprint density at radius 1 is 0.441 bits per heavy atom. The van der Waals surface area contributed by atoms with Crippen molar-refractivity contribution < 1.29 is 4.42 Å². The Kier molecular flexibility index (Phi) is 4.28. The summed E-state index contributed by atoms with van der Waals surface area (Å²) >= 11 is 0. The van der Waals surface area contributed by atoms with Gasteiger partial charge in [-0.2, -0.15) is 0 Å². The minimum Gasteiger partial charge on any atom is -0.456 e. The van der Waals surface area contributed by atoms with Gasteiger partial charge in [-0.3, -0.25) is 0 Å². The molecule has 1 heterocycles. The van der Waals surface area contributed by atoms with Crippen molar-refractivity contribution in [2.45, 2.75) is 6.42 Å². The Hall–Kier alpha value is -4.36. The summed E-state index contributed by atoms with van der Waals surface area (Å²) in [5.74, 6) is 0. The molecule has 7 rings (SSSR count). The highest BCUT2D eigenvalue weighted by atomic mass is 16.3. The van der Waals surface area contributed by atoms with E-state index in [2.05, 4.69) is 109 Å². The molecule has 0 spiro atoms. The fourth-order valence-electron chi connectivity index (χ4n) is 5.41. The number of para-hydroxylation sites is 1. The van der Waals surface area contributed by atoms with Crippen molar-refractivity contribution in [3.05, 3.63) is 132 Å². The third kappa shape index (κ3) is 2.94. The Morgan fingerprint density at radius 3 is 1.71 bits per heavy atom. The highest BCUT2D eigenvalue weighted by Gasteiger charge is 2.16. The highest BCUT2D eigenvalue weighted by molar-refractivity contribution is 6.15. The Morgan fingerprint density at radius 2 is 1.00 bits per heavy atom. The van der Waals surface area contributed by atoms with Crippen molar-refractivity contribution in [3.63, 3.8) is 0 Å². The van der Waals surface area contributed by atoms with Crippen LogP contribution >= 0.6 is 0 Å². The van der Waals surface area contributed by atoms with Crippen LogP contribution in [-0.4, -0.2) is 0 Å². The average molecular weight is 435 g/mol. The maximum Gasteiger partial charge on any atom is 0.135 e. The van der Waals surface area contributed by atoms with Crippen LogP contribution in [0.3, 0.4) is 0 Å². The van der Waals surface area contributed by atoms with E-state index in [9.17, 15) is 0 Å². The fraction of sp³-hybridized carbons (Fsp3) is 0.0303. The van der Waals surface area contributed by atoms with E-state index in [1.54, 1.807) is 0 Å². The standard InChI is InChI=1S/C33H22O/c1-2-10-23(11-3-1)33-27-15-6-4-12-24(27)29(25-13-5-7-16-28(25)33)20-22-18-19-32-30(21-22)26-14-8-9-17-31(26)34-32/h1-19,21H,20H2. The number of hydrogen-bond acceptors (Lipinski definition) is 1. The first-order valence-electron chi connectivity index (χ1n) is 11.7. The van der Waals surface area contributed by atoms with Gasteiger partial charge < -0.3 is 4.42 Å². The first-order chi connectivity index (χ1) is 16.9. The van der Waals surface area contributed by atoms with E-state index in [4.69, 9.17) is 4.42 Å². The topological polar surface area (TPSA) is 13.1 Å². The first kappa shape index (κ1) is 19.1. The van der Waals surface area contributed by atoms with Crippen LogP contribution in [0.4, 0.5) is 0 Å². The lowest BCUT2D eigenvalue weighted by molar-refractivity contribution is 0.669.